The highest BCUT2D eigenvalue weighted by molar-refractivity contribution is 7.98. The fraction of sp³-hybridized carbons (Fsp3) is 0.917. The molecule has 3 nitrogen and oxygen atoms in total. The molecule has 94 valence electrons. The molecule has 0 aromatic heterocycles. The van der Waals surface area contributed by atoms with Crippen LogP contribution < -0.4 is 11.1 Å². The number of amides is 1. The quantitative estimate of drug-likeness (QED) is 0.748. The number of nitrogens with two attached hydrogens (primary N) is 1. The molecule has 1 aliphatic rings. The highest BCUT2D eigenvalue weighted by atomic mass is 32.2. The Hall–Kier alpha value is -0.220. The summed E-state index contributed by atoms with van der Waals surface area (Å²) >= 11 is 1.71. The molecule has 0 spiro atoms. The van der Waals surface area contributed by atoms with Gasteiger partial charge in [0, 0.05) is 24.8 Å². The van der Waals surface area contributed by atoms with Crippen LogP contribution in [-0.4, -0.2) is 30.5 Å². The van der Waals surface area contributed by atoms with Crippen LogP contribution in [-0.2, 0) is 4.79 Å². The number of nitrogens with one attached hydrogen (secondary N) is 1. The average Bonchev–Trinajstić information content (AvgIpc) is 2.34. The van der Waals surface area contributed by atoms with Crippen molar-refractivity contribution in [3.8, 4) is 0 Å². The Morgan fingerprint density at radius 2 is 2.12 bits per heavy atom. The maximum Gasteiger partial charge on any atom is 0.221 e. The molecule has 0 aromatic carbocycles. The standard InChI is InChI=1S/C12H24N2OS/c1-16-8-7-12(15)14-11(9-13)10-5-3-2-4-6-10/h10-11H,2-9,13H2,1H3,(H,14,15). The summed E-state index contributed by atoms with van der Waals surface area (Å²) in [6, 6.07) is 0.203. The highest BCUT2D eigenvalue weighted by Gasteiger charge is 2.23. The fourth-order valence-corrected chi connectivity index (χ4v) is 2.77. The summed E-state index contributed by atoms with van der Waals surface area (Å²) in [5, 5.41) is 3.09. The van der Waals surface area contributed by atoms with Gasteiger partial charge in [-0.3, -0.25) is 4.79 Å². The molecule has 0 radical (unpaired) electrons. The van der Waals surface area contributed by atoms with E-state index >= 15 is 0 Å². The van der Waals surface area contributed by atoms with E-state index in [1.165, 1.54) is 32.1 Å². The number of carbonyl (C=O) groups is 1. The van der Waals surface area contributed by atoms with E-state index in [4.69, 9.17) is 5.73 Å². The van der Waals surface area contributed by atoms with Gasteiger partial charge < -0.3 is 11.1 Å². The summed E-state index contributed by atoms with van der Waals surface area (Å²) in [5.74, 6) is 1.67. The summed E-state index contributed by atoms with van der Waals surface area (Å²) in [7, 11) is 0. The Kier molecular flexibility index (Phi) is 6.88. The van der Waals surface area contributed by atoms with Gasteiger partial charge in [-0.2, -0.15) is 11.8 Å². The Morgan fingerprint density at radius 3 is 2.69 bits per heavy atom. The summed E-state index contributed by atoms with van der Waals surface area (Å²) in [5.41, 5.74) is 5.76. The second kappa shape index (κ2) is 7.96. The second-order valence-corrected chi connectivity index (χ2v) is 5.54. The molecule has 3 N–H and O–H groups in total. The molecule has 0 bridgehead atoms. The van der Waals surface area contributed by atoms with Gasteiger partial charge in [0.25, 0.3) is 0 Å². The van der Waals surface area contributed by atoms with Gasteiger partial charge in [-0.15, -0.1) is 0 Å². The molecule has 1 amide bonds. The van der Waals surface area contributed by atoms with E-state index in [9.17, 15) is 4.79 Å². The van der Waals surface area contributed by atoms with E-state index in [0.29, 0.717) is 18.9 Å². The molecule has 1 aliphatic carbocycles. The number of carbonyl (C=O) groups excluding carboxylic acids is 1. The molecule has 4 heteroatoms. The molecule has 0 heterocycles. The third kappa shape index (κ3) is 4.74. The maximum absolute atomic E-state index is 11.6. The lowest BCUT2D eigenvalue weighted by atomic mass is 9.84. The summed E-state index contributed by atoms with van der Waals surface area (Å²) in [6.07, 6.45) is 9.02. The van der Waals surface area contributed by atoms with Crippen LogP contribution in [0.5, 0.6) is 0 Å². The van der Waals surface area contributed by atoms with Crippen molar-refractivity contribution >= 4 is 17.7 Å². The van der Waals surface area contributed by atoms with Crippen molar-refractivity contribution in [1.29, 1.82) is 0 Å². The van der Waals surface area contributed by atoms with Crippen molar-refractivity contribution in [3.05, 3.63) is 0 Å². The molecule has 1 rings (SSSR count). The van der Waals surface area contributed by atoms with Gasteiger partial charge >= 0.3 is 0 Å². The number of hydrogen-bond donors (Lipinski definition) is 2. The summed E-state index contributed by atoms with van der Waals surface area (Å²) in [6.45, 7) is 0.579. The first kappa shape index (κ1) is 13.8. The Bertz CT molecular complexity index is 205. The van der Waals surface area contributed by atoms with Crippen LogP contribution in [0.15, 0.2) is 0 Å². The lowest BCUT2D eigenvalue weighted by molar-refractivity contribution is -0.121. The van der Waals surface area contributed by atoms with Crippen molar-refractivity contribution in [2.75, 3.05) is 18.6 Å². The maximum atomic E-state index is 11.6. The van der Waals surface area contributed by atoms with Crippen LogP contribution in [0.4, 0.5) is 0 Å². The molecular formula is C12H24N2OS. The predicted molar refractivity (Wildman–Crippen MR) is 70.6 cm³/mol. The molecular weight excluding hydrogens is 220 g/mol. The van der Waals surface area contributed by atoms with E-state index in [0.717, 1.165) is 5.75 Å². The molecule has 1 saturated carbocycles. The number of hydrogen-bond acceptors (Lipinski definition) is 3. The van der Waals surface area contributed by atoms with Crippen molar-refractivity contribution in [2.24, 2.45) is 11.7 Å². The van der Waals surface area contributed by atoms with E-state index < -0.39 is 0 Å². The van der Waals surface area contributed by atoms with Gasteiger partial charge in [0.1, 0.15) is 0 Å². The molecule has 0 aliphatic heterocycles. The Balaban J connectivity index is 2.32. The van der Waals surface area contributed by atoms with Gasteiger partial charge in [-0.25, -0.2) is 0 Å². The van der Waals surface area contributed by atoms with Gasteiger partial charge in [-0.05, 0) is 25.0 Å². The normalized spacial score (nSPS) is 19.4. The third-order valence-corrected chi connectivity index (χ3v) is 3.96. The Labute approximate surface area is 103 Å². The van der Waals surface area contributed by atoms with E-state index in [1.807, 2.05) is 6.26 Å². The van der Waals surface area contributed by atoms with E-state index in [2.05, 4.69) is 5.32 Å². The molecule has 1 fully saturated rings. The SMILES string of the molecule is CSCCC(=O)NC(CN)C1CCCCC1. The zero-order chi connectivity index (χ0) is 11.8. The Morgan fingerprint density at radius 1 is 1.44 bits per heavy atom. The van der Waals surface area contributed by atoms with Gasteiger partial charge in [-0.1, -0.05) is 19.3 Å². The first-order chi connectivity index (χ1) is 7.77. The fourth-order valence-electron chi connectivity index (χ4n) is 2.38. The monoisotopic (exact) mass is 244 g/mol. The van der Waals surface area contributed by atoms with Crippen molar-refractivity contribution in [2.45, 2.75) is 44.6 Å². The zero-order valence-corrected chi connectivity index (χ0v) is 11.0. The zero-order valence-electron chi connectivity index (χ0n) is 10.2. The molecule has 0 saturated heterocycles. The molecule has 1 atom stereocenters. The van der Waals surface area contributed by atoms with Crippen LogP contribution in [0.3, 0.4) is 0 Å². The first-order valence-corrected chi connectivity index (χ1v) is 7.65. The van der Waals surface area contributed by atoms with Crippen molar-refractivity contribution in [1.82, 2.24) is 5.32 Å². The van der Waals surface area contributed by atoms with E-state index in [1.54, 1.807) is 11.8 Å². The minimum absolute atomic E-state index is 0.162. The first-order valence-electron chi connectivity index (χ1n) is 6.26. The largest absolute Gasteiger partial charge is 0.352 e. The molecule has 1 unspecified atom stereocenters. The van der Waals surface area contributed by atoms with Crippen molar-refractivity contribution in [3.63, 3.8) is 0 Å². The van der Waals surface area contributed by atoms with Crippen LogP contribution in [0.1, 0.15) is 38.5 Å². The van der Waals surface area contributed by atoms with E-state index in [-0.39, 0.29) is 11.9 Å². The number of rotatable bonds is 6. The van der Waals surface area contributed by atoms with Gasteiger partial charge in [0.2, 0.25) is 5.91 Å². The predicted octanol–water partition coefficient (Wildman–Crippen LogP) is 1.76. The highest BCUT2D eigenvalue weighted by Crippen LogP contribution is 2.26. The average molecular weight is 244 g/mol. The summed E-state index contributed by atoms with van der Waals surface area (Å²) < 4.78 is 0. The lowest BCUT2D eigenvalue weighted by Crippen LogP contribution is -2.46. The van der Waals surface area contributed by atoms with Crippen LogP contribution in [0.2, 0.25) is 0 Å². The van der Waals surface area contributed by atoms with Gasteiger partial charge in [0.15, 0.2) is 0 Å². The van der Waals surface area contributed by atoms with Crippen LogP contribution >= 0.6 is 11.8 Å². The van der Waals surface area contributed by atoms with Gasteiger partial charge in [0.05, 0.1) is 0 Å². The van der Waals surface area contributed by atoms with Crippen LogP contribution in [0, 0.1) is 5.92 Å². The minimum atomic E-state index is 0.162. The summed E-state index contributed by atoms with van der Waals surface area (Å²) in [4.78, 5) is 11.6. The smallest absolute Gasteiger partial charge is 0.221 e. The number of thioether (sulfide) groups is 1. The topological polar surface area (TPSA) is 55.1 Å². The van der Waals surface area contributed by atoms with Crippen molar-refractivity contribution < 1.29 is 4.79 Å². The minimum Gasteiger partial charge on any atom is -0.352 e. The molecule has 16 heavy (non-hydrogen) atoms. The van der Waals surface area contributed by atoms with Crippen LogP contribution in [0.25, 0.3) is 0 Å². The molecule has 0 aromatic rings. The lowest BCUT2D eigenvalue weighted by Gasteiger charge is -2.30. The second-order valence-electron chi connectivity index (χ2n) is 4.55. The third-order valence-electron chi connectivity index (χ3n) is 3.35.